The predicted molar refractivity (Wildman–Crippen MR) is 131 cm³/mol. The number of carbonyl (C=O) groups excluding carboxylic acids is 1. The van der Waals surface area contributed by atoms with Crippen molar-refractivity contribution in [2.24, 2.45) is 5.92 Å². The summed E-state index contributed by atoms with van der Waals surface area (Å²) in [6.45, 7) is 1.81. The highest BCUT2D eigenvalue weighted by atomic mass is 35.5. The first kappa shape index (κ1) is 23.7. The number of aliphatic hydroxyl groups excluding tert-OH is 2. The molecule has 3 N–H and O–H groups in total. The molecule has 0 radical (unpaired) electrons. The third-order valence-electron chi connectivity index (χ3n) is 6.35. The minimum absolute atomic E-state index is 0.137. The highest BCUT2D eigenvalue weighted by Crippen LogP contribution is 2.45. The summed E-state index contributed by atoms with van der Waals surface area (Å²) in [5, 5.41) is 33.3. The van der Waals surface area contributed by atoms with Crippen molar-refractivity contribution >= 4 is 57.7 Å². The molecule has 0 bridgehead atoms. The van der Waals surface area contributed by atoms with Crippen molar-refractivity contribution in [1.82, 2.24) is 25.0 Å². The van der Waals surface area contributed by atoms with Crippen LogP contribution < -0.4 is 5.32 Å². The van der Waals surface area contributed by atoms with Crippen molar-refractivity contribution < 1.29 is 15.0 Å². The molecule has 0 aliphatic heterocycles. The van der Waals surface area contributed by atoms with Crippen LogP contribution in [0.3, 0.4) is 0 Å². The summed E-state index contributed by atoms with van der Waals surface area (Å²) in [6, 6.07) is 5.07. The number of halogens is 2. The molecule has 0 spiro atoms. The number of hydrogen-bond donors (Lipinski definition) is 3. The predicted octanol–water partition coefficient (Wildman–Crippen LogP) is 3.48. The highest BCUT2D eigenvalue weighted by Gasteiger charge is 2.44. The van der Waals surface area contributed by atoms with E-state index in [1.165, 1.54) is 16.4 Å². The molecule has 1 unspecified atom stereocenters. The Balaban J connectivity index is 1.46. The summed E-state index contributed by atoms with van der Waals surface area (Å²) in [4.78, 5) is 22.0. The second kappa shape index (κ2) is 9.58. The summed E-state index contributed by atoms with van der Waals surface area (Å²) < 4.78 is 1.46. The van der Waals surface area contributed by atoms with Crippen LogP contribution in [0.25, 0.3) is 11.2 Å². The molecule has 2 aliphatic carbocycles. The molecule has 180 valence electrons. The Kier molecular flexibility index (Phi) is 6.69. The van der Waals surface area contributed by atoms with Crippen LogP contribution in [0.15, 0.2) is 23.4 Å². The Morgan fingerprint density at radius 2 is 2.06 bits per heavy atom. The second-order valence-electron chi connectivity index (χ2n) is 8.72. The van der Waals surface area contributed by atoms with Gasteiger partial charge in [-0.2, -0.15) is 0 Å². The van der Waals surface area contributed by atoms with E-state index in [9.17, 15) is 15.0 Å². The maximum atomic E-state index is 12.7. The molecular formula is C22H24Cl2N6O3S. The topological polar surface area (TPSA) is 126 Å². The summed E-state index contributed by atoms with van der Waals surface area (Å²) in [5.74, 6) is 0.757. The number of thioether (sulfide) groups is 1. The molecule has 1 aromatic carbocycles. The zero-order valence-electron chi connectivity index (χ0n) is 18.4. The minimum Gasteiger partial charge on any atom is -0.396 e. The number of nitrogens with one attached hydrogen (secondary N) is 1. The molecule has 5 rings (SSSR count). The van der Waals surface area contributed by atoms with Gasteiger partial charge in [-0.25, -0.2) is 14.6 Å². The van der Waals surface area contributed by atoms with Crippen molar-refractivity contribution in [3.63, 3.8) is 0 Å². The van der Waals surface area contributed by atoms with E-state index in [1.807, 2.05) is 12.1 Å². The number of rotatable bonds is 8. The van der Waals surface area contributed by atoms with Crippen molar-refractivity contribution in [2.45, 2.75) is 55.4 Å². The van der Waals surface area contributed by atoms with Crippen molar-refractivity contribution in [1.29, 1.82) is 0 Å². The third kappa shape index (κ3) is 4.37. The molecule has 2 fully saturated rings. The summed E-state index contributed by atoms with van der Waals surface area (Å²) in [7, 11) is 0. The molecule has 0 amide bonds. The van der Waals surface area contributed by atoms with Crippen LogP contribution in [0.1, 0.15) is 43.7 Å². The van der Waals surface area contributed by atoms with Gasteiger partial charge in [0.15, 0.2) is 27.9 Å². The number of hydrogen-bond acceptors (Lipinski definition) is 9. The number of nitrogens with zero attached hydrogens (tertiary/aromatic N) is 5. The number of ketones is 1. The molecule has 5 atom stereocenters. The van der Waals surface area contributed by atoms with Crippen LogP contribution in [0.5, 0.6) is 0 Å². The average molecular weight is 523 g/mol. The fourth-order valence-corrected chi connectivity index (χ4v) is 5.38. The van der Waals surface area contributed by atoms with Crippen LogP contribution in [0.4, 0.5) is 5.82 Å². The Morgan fingerprint density at radius 1 is 1.24 bits per heavy atom. The Morgan fingerprint density at radius 3 is 2.76 bits per heavy atom. The van der Waals surface area contributed by atoms with E-state index in [0.29, 0.717) is 32.2 Å². The van der Waals surface area contributed by atoms with Crippen molar-refractivity contribution in [3.05, 3.63) is 33.8 Å². The van der Waals surface area contributed by atoms with E-state index in [4.69, 9.17) is 23.2 Å². The van der Waals surface area contributed by atoms with E-state index in [2.05, 4.69) is 32.5 Å². The lowest BCUT2D eigenvalue weighted by atomic mass is 10.1. The first-order valence-corrected chi connectivity index (χ1v) is 12.9. The zero-order valence-corrected chi connectivity index (χ0v) is 20.7. The molecule has 2 aliphatic rings. The van der Waals surface area contributed by atoms with Gasteiger partial charge in [-0.05, 0) is 37.0 Å². The maximum absolute atomic E-state index is 12.7. The van der Waals surface area contributed by atoms with Gasteiger partial charge in [0, 0.05) is 30.2 Å². The van der Waals surface area contributed by atoms with Crippen LogP contribution in [0.2, 0.25) is 10.0 Å². The van der Waals surface area contributed by atoms with Gasteiger partial charge in [-0.3, -0.25) is 4.79 Å². The van der Waals surface area contributed by atoms with Gasteiger partial charge in [0.1, 0.15) is 12.1 Å². The molecular weight excluding hydrogens is 499 g/mol. The average Bonchev–Trinajstić information content (AvgIpc) is 3.37. The number of carbonyl (C=O) groups is 1. The molecule has 12 heteroatoms. The lowest BCUT2D eigenvalue weighted by Gasteiger charge is -2.11. The number of aliphatic hydroxyl groups is 2. The van der Waals surface area contributed by atoms with Gasteiger partial charge in [-0.15, -0.1) is 5.10 Å². The quantitative estimate of drug-likeness (QED) is 0.301. The summed E-state index contributed by atoms with van der Waals surface area (Å²) >= 11 is 13.8. The molecule has 3 aromatic rings. The van der Waals surface area contributed by atoms with E-state index in [0.717, 1.165) is 24.2 Å². The van der Waals surface area contributed by atoms with Gasteiger partial charge < -0.3 is 15.5 Å². The van der Waals surface area contributed by atoms with Crippen molar-refractivity contribution in [3.8, 4) is 0 Å². The molecule has 34 heavy (non-hydrogen) atoms. The van der Waals surface area contributed by atoms with Crippen molar-refractivity contribution in [2.75, 3.05) is 17.7 Å². The monoisotopic (exact) mass is 522 g/mol. The smallest absolute Gasteiger partial charge is 0.191 e. The van der Waals surface area contributed by atoms with E-state index < -0.39 is 18.1 Å². The molecule has 2 aromatic heterocycles. The molecule has 9 nitrogen and oxygen atoms in total. The number of benzene rings is 1. The first-order chi connectivity index (χ1) is 16.4. The summed E-state index contributed by atoms with van der Waals surface area (Å²) in [5.41, 5.74) is 2.00. The molecule has 0 saturated heterocycles. The number of aromatic nitrogens is 5. The van der Waals surface area contributed by atoms with Gasteiger partial charge in [0.25, 0.3) is 0 Å². The lowest BCUT2D eigenvalue weighted by Crippen LogP contribution is -2.26. The van der Waals surface area contributed by atoms with Crippen LogP contribution >= 0.6 is 35.0 Å². The first-order valence-electron chi connectivity index (χ1n) is 11.2. The highest BCUT2D eigenvalue weighted by molar-refractivity contribution is 7.99. The number of fused-ring (bicyclic) bond motifs is 1. The fourth-order valence-electron chi connectivity index (χ4n) is 4.38. The van der Waals surface area contributed by atoms with Gasteiger partial charge in [-0.1, -0.05) is 53.2 Å². The standard InChI is InChI=1S/C22H24Cl2N6O3S/c1-2-5-34-22-26-20(25-15-8-12(15)10-3-4-13(23)14(24)6-10)17-21(27-22)30(29-28-17)16-7-11(9-31)18(32)19(16)33/h3-4,6,11-12,15-16,18,31-32H,2,5,7-9H2,1H3,(H,25,26,27)/t11-,12+,15+,16-,18?/m0/s1. The molecule has 2 saturated carbocycles. The Labute approximate surface area is 210 Å². The van der Waals surface area contributed by atoms with Crippen LogP contribution in [-0.4, -0.2) is 65.5 Å². The number of anilines is 1. The largest absolute Gasteiger partial charge is 0.396 e. The van der Waals surface area contributed by atoms with Gasteiger partial charge in [0.2, 0.25) is 0 Å². The van der Waals surface area contributed by atoms with Gasteiger partial charge >= 0.3 is 0 Å². The normalized spacial score (nSPS) is 26.4. The van der Waals surface area contributed by atoms with Crippen LogP contribution in [0, 0.1) is 5.92 Å². The number of Topliss-reactive ketones (excluding diaryl/α,β-unsaturated/α-hetero) is 1. The molecule has 2 heterocycles. The SMILES string of the molecule is CCCSc1nc(N[C@@H]2C[C@@H]2c2ccc(Cl)c(Cl)c2)c2nnn([C@H]3C[C@@H](CO)C(O)C3=O)c2n1. The van der Waals surface area contributed by atoms with E-state index in [-0.39, 0.29) is 30.8 Å². The van der Waals surface area contributed by atoms with Crippen LogP contribution in [-0.2, 0) is 4.79 Å². The Bertz CT molecular complexity index is 1240. The zero-order chi connectivity index (χ0) is 24.0. The van der Waals surface area contributed by atoms with E-state index in [1.54, 1.807) is 6.07 Å². The van der Waals surface area contributed by atoms with E-state index >= 15 is 0 Å². The maximum Gasteiger partial charge on any atom is 0.191 e. The lowest BCUT2D eigenvalue weighted by molar-refractivity contribution is -0.128. The summed E-state index contributed by atoms with van der Waals surface area (Å²) in [6.07, 6.45) is 0.919. The van der Waals surface area contributed by atoms with Gasteiger partial charge in [0.05, 0.1) is 10.0 Å². The fraction of sp³-hybridized carbons (Fsp3) is 0.500. The minimum atomic E-state index is -1.22. The Hall–Kier alpha value is -1.98. The second-order valence-corrected chi connectivity index (χ2v) is 10.6. The third-order valence-corrected chi connectivity index (χ3v) is 8.14.